The molecule has 0 aromatic heterocycles. The topological polar surface area (TPSA) is 56.1 Å². The van der Waals surface area contributed by atoms with Gasteiger partial charge in [0.1, 0.15) is 6.07 Å². The molecule has 0 radical (unpaired) electrons. The SMILES string of the molecule is CNC(=O)C1CCCN(c2ccc(Br)cc2C#N)C1. The maximum atomic E-state index is 11.7. The first-order valence-corrected chi connectivity index (χ1v) is 7.11. The molecular weight excluding hydrogens is 306 g/mol. The second-order valence-corrected chi connectivity index (χ2v) is 5.59. The first-order valence-electron chi connectivity index (χ1n) is 6.32. The maximum Gasteiger partial charge on any atom is 0.224 e. The molecule has 1 N–H and O–H groups in total. The molecule has 1 atom stereocenters. The van der Waals surface area contributed by atoms with Gasteiger partial charge in [0.2, 0.25) is 5.91 Å². The second-order valence-electron chi connectivity index (χ2n) is 4.67. The molecule has 4 nitrogen and oxygen atoms in total. The Labute approximate surface area is 121 Å². The number of nitrogens with one attached hydrogen (secondary N) is 1. The number of carbonyl (C=O) groups is 1. The lowest BCUT2D eigenvalue weighted by Gasteiger charge is -2.34. The van der Waals surface area contributed by atoms with Gasteiger partial charge in [-0.05, 0) is 31.0 Å². The zero-order valence-electron chi connectivity index (χ0n) is 10.8. The summed E-state index contributed by atoms with van der Waals surface area (Å²) in [4.78, 5) is 13.9. The van der Waals surface area contributed by atoms with Crippen LogP contribution < -0.4 is 10.2 Å². The highest BCUT2D eigenvalue weighted by Crippen LogP contribution is 2.28. The molecule has 0 saturated carbocycles. The van der Waals surface area contributed by atoms with Crippen LogP contribution in [-0.2, 0) is 4.79 Å². The molecule has 2 rings (SSSR count). The lowest BCUT2D eigenvalue weighted by molar-refractivity contribution is -0.124. The molecule has 1 saturated heterocycles. The van der Waals surface area contributed by atoms with Crippen LogP contribution in [0.15, 0.2) is 22.7 Å². The normalized spacial score (nSPS) is 18.8. The standard InChI is InChI=1S/C14H16BrN3O/c1-17-14(19)10-3-2-6-18(9-10)13-5-4-12(15)7-11(13)8-16/h4-5,7,10H,2-3,6,9H2,1H3,(H,17,19). The first-order chi connectivity index (χ1) is 9.15. The van der Waals surface area contributed by atoms with Crippen LogP contribution in [0.5, 0.6) is 0 Å². The summed E-state index contributed by atoms with van der Waals surface area (Å²) in [5.74, 6) is 0.0919. The number of carbonyl (C=O) groups excluding carboxylic acids is 1. The number of anilines is 1. The van der Waals surface area contributed by atoms with E-state index in [-0.39, 0.29) is 11.8 Å². The Morgan fingerprint density at radius 1 is 1.58 bits per heavy atom. The molecule has 1 aromatic carbocycles. The van der Waals surface area contributed by atoms with Gasteiger partial charge >= 0.3 is 0 Å². The average molecular weight is 322 g/mol. The lowest BCUT2D eigenvalue weighted by atomic mass is 9.96. The Hall–Kier alpha value is -1.54. The Balaban J connectivity index is 2.22. The van der Waals surface area contributed by atoms with Gasteiger partial charge < -0.3 is 10.2 Å². The molecule has 100 valence electrons. The summed E-state index contributed by atoms with van der Waals surface area (Å²) in [6, 6.07) is 7.91. The summed E-state index contributed by atoms with van der Waals surface area (Å²) in [6.07, 6.45) is 1.88. The van der Waals surface area contributed by atoms with Gasteiger partial charge in [0.05, 0.1) is 17.2 Å². The van der Waals surface area contributed by atoms with Crippen LogP contribution in [0.4, 0.5) is 5.69 Å². The minimum atomic E-state index is 0.00828. The highest BCUT2D eigenvalue weighted by atomic mass is 79.9. The molecule has 1 amide bonds. The quantitative estimate of drug-likeness (QED) is 0.909. The zero-order chi connectivity index (χ0) is 13.8. The number of benzene rings is 1. The van der Waals surface area contributed by atoms with E-state index in [1.807, 2.05) is 18.2 Å². The van der Waals surface area contributed by atoms with Crippen molar-refractivity contribution in [2.24, 2.45) is 5.92 Å². The van der Waals surface area contributed by atoms with E-state index >= 15 is 0 Å². The van der Waals surface area contributed by atoms with E-state index in [4.69, 9.17) is 0 Å². The zero-order valence-corrected chi connectivity index (χ0v) is 12.4. The Kier molecular flexibility index (Phi) is 4.43. The average Bonchev–Trinajstić information content (AvgIpc) is 2.46. The Bertz CT molecular complexity index is 524. The lowest BCUT2D eigenvalue weighted by Crippen LogP contribution is -2.42. The van der Waals surface area contributed by atoms with Crippen molar-refractivity contribution in [1.29, 1.82) is 5.26 Å². The molecular formula is C14H16BrN3O. The molecule has 1 unspecified atom stereocenters. The van der Waals surface area contributed by atoms with Gasteiger partial charge in [-0.2, -0.15) is 5.26 Å². The fourth-order valence-electron chi connectivity index (χ4n) is 2.49. The van der Waals surface area contributed by atoms with Crippen LogP contribution in [-0.4, -0.2) is 26.0 Å². The van der Waals surface area contributed by atoms with Crippen molar-refractivity contribution < 1.29 is 4.79 Å². The molecule has 0 bridgehead atoms. The summed E-state index contributed by atoms with van der Waals surface area (Å²) in [5.41, 5.74) is 1.56. The fraction of sp³-hybridized carbons (Fsp3) is 0.429. The molecule has 0 spiro atoms. The number of hydrogen-bond acceptors (Lipinski definition) is 3. The summed E-state index contributed by atoms with van der Waals surface area (Å²) in [5, 5.41) is 11.9. The third kappa shape index (κ3) is 3.07. The number of nitrogens with zero attached hydrogens (tertiary/aromatic N) is 2. The molecule has 1 aliphatic heterocycles. The van der Waals surface area contributed by atoms with Crippen LogP contribution in [0, 0.1) is 17.2 Å². The van der Waals surface area contributed by atoms with Crippen LogP contribution in [0.3, 0.4) is 0 Å². The predicted molar refractivity (Wildman–Crippen MR) is 77.9 cm³/mol. The summed E-state index contributed by atoms with van der Waals surface area (Å²) < 4.78 is 0.896. The summed E-state index contributed by atoms with van der Waals surface area (Å²) >= 11 is 3.37. The number of amides is 1. The third-order valence-corrected chi connectivity index (χ3v) is 3.95. The van der Waals surface area contributed by atoms with Crippen molar-refractivity contribution >= 4 is 27.5 Å². The predicted octanol–water partition coefficient (Wildman–Crippen LogP) is 2.28. The third-order valence-electron chi connectivity index (χ3n) is 3.46. The number of rotatable bonds is 2. The molecule has 19 heavy (non-hydrogen) atoms. The van der Waals surface area contributed by atoms with Crippen molar-refractivity contribution in [3.8, 4) is 6.07 Å². The first kappa shape index (κ1) is 13.9. The van der Waals surface area contributed by atoms with E-state index in [1.165, 1.54) is 0 Å². The molecule has 0 aliphatic carbocycles. The van der Waals surface area contributed by atoms with Crippen molar-refractivity contribution in [3.63, 3.8) is 0 Å². The van der Waals surface area contributed by atoms with Crippen LogP contribution in [0.1, 0.15) is 18.4 Å². The highest BCUT2D eigenvalue weighted by molar-refractivity contribution is 9.10. The van der Waals surface area contributed by atoms with Gasteiger partial charge in [-0.3, -0.25) is 4.79 Å². The van der Waals surface area contributed by atoms with Crippen molar-refractivity contribution in [2.75, 3.05) is 25.0 Å². The van der Waals surface area contributed by atoms with Gasteiger partial charge in [0.25, 0.3) is 0 Å². The summed E-state index contributed by atoms with van der Waals surface area (Å²) in [6.45, 7) is 1.57. The van der Waals surface area contributed by atoms with Gasteiger partial charge in [-0.25, -0.2) is 0 Å². The van der Waals surface area contributed by atoms with E-state index in [1.54, 1.807) is 7.05 Å². The van der Waals surface area contributed by atoms with Crippen LogP contribution in [0.25, 0.3) is 0 Å². The number of nitriles is 1. The Morgan fingerprint density at radius 3 is 3.05 bits per heavy atom. The maximum absolute atomic E-state index is 11.7. The molecule has 1 heterocycles. The second kappa shape index (κ2) is 6.07. The highest BCUT2D eigenvalue weighted by Gasteiger charge is 2.26. The van der Waals surface area contributed by atoms with Gasteiger partial charge in [-0.1, -0.05) is 15.9 Å². The minimum absolute atomic E-state index is 0.00828. The molecule has 1 aliphatic rings. The van der Waals surface area contributed by atoms with E-state index < -0.39 is 0 Å². The van der Waals surface area contributed by atoms with Gasteiger partial charge in [-0.15, -0.1) is 0 Å². The smallest absolute Gasteiger partial charge is 0.224 e. The van der Waals surface area contributed by atoms with Crippen LogP contribution >= 0.6 is 15.9 Å². The van der Waals surface area contributed by atoms with Gasteiger partial charge in [0, 0.05) is 24.6 Å². The van der Waals surface area contributed by atoms with E-state index in [0.717, 1.165) is 29.5 Å². The number of halogens is 1. The number of hydrogen-bond donors (Lipinski definition) is 1. The minimum Gasteiger partial charge on any atom is -0.370 e. The monoisotopic (exact) mass is 321 g/mol. The largest absolute Gasteiger partial charge is 0.370 e. The van der Waals surface area contributed by atoms with E-state index in [9.17, 15) is 10.1 Å². The van der Waals surface area contributed by atoms with Crippen LogP contribution in [0.2, 0.25) is 0 Å². The van der Waals surface area contributed by atoms with E-state index in [0.29, 0.717) is 12.1 Å². The number of piperidine rings is 1. The van der Waals surface area contributed by atoms with E-state index in [2.05, 4.69) is 32.2 Å². The van der Waals surface area contributed by atoms with Crippen molar-refractivity contribution in [2.45, 2.75) is 12.8 Å². The molecule has 5 heteroatoms. The molecule has 1 fully saturated rings. The van der Waals surface area contributed by atoms with Crippen molar-refractivity contribution in [1.82, 2.24) is 5.32 Å². The summed E-state index contributed by atoms with van der Waals surface area (Å²) in [7, 11) is 1.67. The Morgan fingerprint density at radius 2 is 2.37 bits per heavy atom. The fourth-order valence-corrected chi connectivity index (χ4v) is 2.85. The van der Waals surface area contributed by atoms with Crippen molar-refractivity contribution in [3.05, 3.63) is 28.2 Å². The van der Waals surface area contributed by atoms with Gasteiger partial charge in [0.15, 0.2) is 0 Å². The molecule has 1 aromatic rings.